The number of carbonyl (C=O) groups is 1. The zero-order chi connectivity index (χ0) is 17.6. The Morgan fingerprint density at radius 2 is 1.92 bits per heavy atom. The van der Waals surface area contributed by atoms with Crippen LogP contribution in [0.2, 0.25) is 0 Å². The van der Waals surface area contributed by atoms with Gasteiger partial charge in [0.05, 0.1) is 5.56 Å². The first kappa shape index (κ1) is 16.6. The molecule has 7 nitrogen and oxygen atoms in total. The van der Waals surface area contributed by atoms with E-state index in [9.17, 15) is 4.79 Å². The molecule has 128 valence electrons. The summed E-state index contributed by atoms with van der Waals surface area (Å²) < 4.78 is 11.1. The van der Waals surface area contributed by atoms with Gasteiger partial charge in [0.25, 0.3) is 11.8 Å². The topological polar surface area (TPSA) is 90.1 Å². The maximum atomic E-state index is 12.6. The molecule has 0 radical (unpaired) electrons. The minimum Gasteiger partial charge on any atom is -0.483 e. The molecule has 3 rings (SSSR count). The Bertz CT molecular complexity index is 862. The molecule has 2 aromatic heterocycles. The number of amides is 1. The van der Waals surface area contributed by atoms with E-state index < -0.39 is 0 Å². The molecular formula is C18H18N4O3. The zero-order valence-electron chi connectivity index (χ0n) is 14.0. The monoisotopic (exact) mass is 338 g/mol. The number of nitrogens with one attached hydrogen (secondary N) is 1. The van der Waals surface area contributed by atoms with Crippen molar-refractivity contribution < 1.29 is 13.9 Å². The number of rotatable bonds is 6. The molecule has 0 unspecified atom stereocenters. The number of ether oxygens (including phenoxy) is 1. The van der Waals surface area contributed by atoms with Crippen molar-refractivity contribution in [2.75, 3.05) is 5.32 Å². The highest BCUT2D eigenvalue weighted by atomic mass is 16.5. The SMILES string of the molecule is CCc1nnc(COc2ccc(C)cc2C(=O)Nc2ccncc2)o1. The summed E-state index contributed by atoms with van der Waals surface area (Å²) in [6.45, 7) is 3.95. The standard InChI is InChI=1S/C18H18N4O3/c1-3-16-21-22-17(25-16)11-24-15-5-4-12(2)10-14(15)18(23)20-13-6-8-19-9-7-13/h4-10H,3,11H2,1-2H3,(H,19,20,23). The van der Waals surface area contributed by atoms with Gasteiger partial charge in [-0.25, -0.2) is 0 Å². The van der Waals surface area contributed by atoms with Crippen LogP contribution >= 0.6 is 0 Å². The van der Waals surface area contributed by atoms with Gasteiger partial charge in [-0.15, -0.1) is 10.2 Å². The summed E-state index contributed by atoms with van der Waals surface area (Å²) in [5.41, 5.74) is 2.06. The molecule has 2 heterocycles. The fraction of sp³-hybridized carbons (Fsp3) is 0.222. The summed E-state index contributed by atoms with van der Waals surface area (Å²) in [5.74, 6) is 1.12. The van der Waals surface area contributed by atoms with Crippen LogP contribution in [0.4, 0.5) is 5.69 Å². The van der Waals surface area contributed by atoms with Gasteiger partial charge in [-0.3, -0.25) is 9.78 Å². The molecule has 0 aliphatic heterocycles. The fourth-order valence-electron chi connectivity index (χ4n) is 2.21. The lowest BCUT2D eigenvalue weighted by molar-refractivity contribution is 0.102. The third-order valence-corrected chi connectivity index (χ3v) is 3.48. The van der Waals surface area contributed by atoms with Crippen LogP contribution in [0.15, 0.2) is 47.1 Å². The number of pyridine rings is 1. The van der Waals surface area contributed by atoms with Gasteiger partial charge in [0, 0.05) is 24.5 Å². The smallest absolute Gasteiger partial charge is 0.259 e. The molecule has 0 saturated carbocycles. The van der Waals surface area contributed by atoms with Gasteiger partial charge in [0.1, 0.15) is 5.75 Å². The van der Waals surface area contributed by atoms with E-state index in [1.54, 1.807) is 36.7 Å². The minimum absolute atomic E-state index is 0.103. The van der Waals surface area contributed by atoms with Crippen molar-refractivity contribution in [3.8, 4) is 5.75 Å². The second kappa shape index (κ2) is 7.57. The predicted octanol–water partition coefficient (Wildman–Crippen LogP) is 3.17. The van der Waals surface area contributed by atoms with E-state index in [0.29, 0.717) is 35.2 Å². The van der Waals surface area contributed by atoms with Gasteiger partial charge in [0.15, 0.2) is 6.61 Å². The number of hydrogen-bond acceptors (Lipinski definition) is 6. The molecule has 1 amide bonds. The maximum Gasteiger partial charge on any atom is 0.259 e. The Labute approximate surface area is 145 Å². The van der Waals surface area contributed by atoms with E-state index in [-0.39, 0.29) is 12.5 Å². The van der Waals surface area contributed by atoms with Crippen molar-refractivity contribution in [1.82, 2.24) is 15.2 Å². The molecule has 3 aromatic rings. The number of nitrogens with zero attached hydrogens (tertiary/aromatic N) is 3. The van der Waals surface area contributed by atoms with Crippen LogP contribution in [0.3, 0.4) is 0 Å². The summed E-state index contributed by atoms with van der Waals surface area (Å²) in [7, 11) is 0. The van der Waals surface area contributed by atoms with Gasteiger partial charge in [-0.2, -0.15) is 0 Å². The van der Waals surface area contributed by atoms with Crippen molar-refractivity contribution in [3.63, 3.8) is 0 Å². The number of benzene rings is 1. The summed E-state index contributed by atoms with van der Waals surface area (Å²) in [6.07, 6.45) is 3.89. The highest BCUT2D eigenvalue weighted by molar-refractivity contribution is 6.06. The van der Waals surface area contributed by atoms with E-state index in [2.05, 4.69) is 20.5 Å². The van der Waals surface area contributed by atoms with Crippen LogP contribution in [0.25, 0.3) is 0 Å². The molecule has 0 aliphatic rings. The molecule has 0 fully saturated rings. The Balaban J connectivity index is 1.76. The quantitative estimate of drug-likeness (QED) is 0.742. The average Bonchev–Trinajstić information content (AvgIpc) is 3.09. The number of aryl methyl sites for hydroxylation is 2. The largest absolute Gasteiger partial charge is 0.483 e. The van der Waals surface area contributed by atoms with Crippen molar-refractivity contribution in [1.29, 1.82) is 0 Å². The average molecular weight is 338 g/mol. The molecule has 0 atom stereocenters. The molecule has 0 bridgehead atoms. The van der Waals surface area contributed by atoms with Crippen LogP contribution in [0.1, 0.15) is 34.6 Å². The van der Waals surface area contributed by atoms with E-state index in [0.717, 1.165) is 5.56 Å². The maximum absolute atomic E-state index is 12.6. The number of aromatic nitrogens is 3. The number of hydrogen-bond donors (Lipinski definition) is 1. The Kier molecular flexibility index (Phi) is 5.03. The van der Waals surface area contributed by atoms with E-state index >= 15 is 0 Å². The molecule has 25 heavy (non-hydrogen) atoms. The molecule has 1 N–H and O–H groups in total. The predicted molar refractivity (Wildman–Crippen MR) is 91.4 cm³/mol. The first-order valence-electron chi connectivity index (χ1n) is 7.92. The highest BCUT2D eigenvalue weighted by Crippen LogP contribution is 2.22. The normalized spacial score (nSPS) is 10.5. The van der Waals surface area contributed by atoms with Crippen molar-refractivity contribution in [3.05, 3.63) is 65.6 Å². The van der Waals surface area contributed by atoms with Crippen LogP contribution in [0, 0.1) is 6.92 Å². The van der Waals surface area contributed by atoms with E-state index in [1.807, 2.05) is 19.9 Å². The van der Waals surface area contributed by atoms with Gasteiger partial charge in [-0.1, -0.05) is 18.6 Å². The van der Waals surface area contributed by atoms with Gasteiger partial charge in [0.2, 0.25) is 5.89 Å². The summed E-state index contributed by atoms with van der Waals surface area (Å²) in [6, 6.07) is 8.85. The lowest BCUT2D eigenvalue weighted by atomic mass is 10.1. The van der Waals surface area contributed by atoms with Crippen molar-refractivity contribution >= 4 is 11.6 Å². The third-order valence-electron chi connectivity index (χ3n) is 3.48. The van der Waals surface area contributed by atoms with Crippen LogP contribution in [-0.4, -0.2) is 21.1 Å². The van der Waals surface area contributed by atoms with Gasteiger partial charge in [-0.05, 0) is 31.2 Å². The summed E-state index contributed by atoms with van der Waals surface area (Å²) >= 11 is 0. The van der Waals surface area contributed by atoms with Crippen LogP contribution < -0.4 is 10.1 Å². The highest BCUT2D eigenvalue weighted by Gasteiger charge is 2.15. The van der Waals surface area contributed by atoms with E-state index in [1.165, 1.54) is 0 Å². The minimum atomic E-state index is -0.260. The first-order chi connectivity index (χ1) is 12.2. The fourth-order valence-corrected chi connectivity index (χ4v) is 2.21. The summed E-state index contributed by atoms with van der Waals surface area (Å²) in [5, 5.41) is 10.6. The molecule has 0 aliphatic carbocycles. The first-order valence-corrected chi connectivity index (χ1v) is 7.92. The lowest BCUT2D eigenvalue weighted by Crippen LogP contribution is -2.14. The second-order valence-electron chi connectivity index (χ2n) is 5.42. The Morgan fingerprint density at radius 3 is 2.64 bits per heavy atom. The molecule has 0 spiro atoms. The molecule has 1 aromatic carbocycles. The summed E-state index contributed by atoms with van der Waals surface area (Å²) in [4.78, 5) is 16.5. The molecule has 0 saturated heterocycles. The van der Waals surface area contributed by atoms with Crippen molar-refractivity contribution in [2.24, 2.45) is 0 Å². The Morgan fingerprint density at radius 1 is 1.16 bits per heavy atom. The van der Waals surface area contributed by atoms with E-state index in [4.69, 9.17) is 9.15 Å². The van der Waals surface area contributed by atoms with Gasteiger partial charge < -0.3 is 14.5 Å². The van der Waals surface area contributed by atoms with Crippen LogP contribution in [-0.2, 0) is 13.0 Å². The zero-order valence-corrected chi connectivity index (χ0v) is 14.0. The Hall–Kier alpha value is -3.22. The van der Waals surface area contributed by atoms with Gasteiger partial charge >= 0.3 is 0 Å². The third kappa shape index (κ3) is 4.20. The molecule has 7 heteroatoms. The number of anilines is 1. The number of carbonyl (C=O) groups excluding carboxylic acids is 1. The lowest BCUT2D eigenvalue weighted by Gasteiger charge is -2.11. The second-order valence-corrected chi connectivity index (χ2v) is 5.42. The van der Waals surface area contributed by atoms with Crippen molar-refractivity contribution in [2.45, 2.75) is 26.9 Å². The molecular weight excluding hydrogens is 320 g/mol. The van der Waals surface area contributed by atoms with Crippen LogP contribution in [0.5, 0.6) is 5.75 Å².